The van der Waals surface area contributed by atoms with Crippen LogP contribution in [0, 0.1) is 0 Å². The highest BCUT2D eigenvalue weighted by molar-refractivity contribution is 6.30. The summed E-state index contributed by atoms with van der Waals surface area (Å²) in [6.07, 6.45) is -0.477. The molecule has 1 amide bonds. The summed E-state index contributed by atoms with van der Waals surface area (Å²) in [5, 5.41) is 4.02. The third-order valence-electron chi connectivity index (χ3n) is 3.91. The maximum Gasteiger partial charge on any atom is 0.252 e. The van der Waals surface area contributed by atoms with Crippen molar-refractivity contribution in [2.24, 2.45) is 0 Å². The highest BCUT2D eigenvalue weighted by Crippen LogP contribution is 2.25. The second kappa shape index (κ2) is 9.23. The van der Waals surface area contributed by atoms with Crippen LogP contribution in [-0.4, -0.2) is 56.4 Å². The van der Waals surface area contributed by atoms with Gasteiger partial charge in [0.05, 0.1) is 19.3 Å². The summed E-state index contributed by atoms with van der Waals surface area (Å²) in [4.78, 5) is 14.6. The van der Waals surface area contributed by atoms with Crippen molar-refractivity contribution in [3.8, 4) is 0 Å². The van der Waals surface area contributed by atoms with E-state index in [1.165, 1.54) is 0 Å². The zero-order valence-corrected chi connectivity index (χ0v) is 14.5. The van der Waals surface area contributed by atoms with Crippen molar-refractivity contribution < 1.29 is 14.3 Å². The fourth-order valence-electron chi connectivity index (χ4n) is 2.71. The molecule has 23 heavy (non-hydrogen) atoms. The van der Waals surface area contributed by atoms with E-state index in [0.717, 1.165) is 18.7 Å². The molecule has 1 saturated heterocycles. The third-order valence-corrected chi connectivity index (χ3v) is 4.14. The predicted molar refractivity (Wildman–Crippen MR) is 90.7 cm³/mol. The van der Waals surface area contributed by atoms with Crippen LogP contribution in [0.1, 0.15) is 25.5 Å². The molecule has 0 spiro atoms. The first-order valence-corrected chi connectivity index (χ1v) is 8.47. The molecule has 128 valence electrons. The maximum absolute atomic E-state index is 12.7. The molecule has 0 bridgehead atoms. The van der Waals surface area contributed by atoms with Crippen molar-refractivity contribution in [3.05, 3.63) is 34.9 Å². The fourth-order valence-corrected chi connectivity index (χ4v) is 2.91. The van der Waals surface area contributed by atoms with Gasteiger partial charge in [0.15, 0.2) is 0 Å². The Balaban J connectivity index is 2.01. The molecular weight excluding hydrogens is 316 g/mol. The van der Waals surface area contributed by atoms with Gasteiger partial charge in [-0.05, 0) is 31.5 Å². The molecule has 5 nitrogen and oxygen atoms in total. The lowest BCUT2D eigenvalue weighted by molar-refractivity contribution is -0.147. The van der Waals surface area contributed by atoms with Gasteiger partial charge < -0.3 is 19.7 Å². The van der Waals surface area contributed by atoms with Gasteiger partial charge in [0, 0.05) is 31.3 Å². The molecule has 0 aliphatic carbocycles. The summed E-state index contributed by atoms with van der Waals surface area (Å²) in [5.41, 5.74) is 1.04. The number of nitrogens with zero attached hydrogens (tertiary/aromatic N) is 1. The maximum atomic E-state index is 12.7. The molecule has 1 fully saturated rings. The standard InChI is InChI=1S/C17H25ClN2O3/c1-3-22-9-10-23-13(2)17(21)20-8-7-19-12-16(20)14-5-4-6-15(18)11-14/h4-6,11,13,16,19H,3,7-10,12H2,1-2H3. The van der Waals surface area contributed by atoms with Crippen molar-refractivity contribution in [2.45, 2.75) is 26.0 Å². The number of rotatable bonds is 7. The quantitative estimate of drug-likeness (QED) is 0.773. The SMILES string of the molecule is CCOCCOC(C)C(=O)N1CCNCC1c1cccc(Cl)c1. The van der Waals surface area contributed by atoms with Gasteiger partial charge in [0.1, 0.15) is 6.10 Å². The first-order valence-electron chi connectivity index (χ1n) is 8.09. The highest BCUT2D eigenvalue weighted by atomic mass is 35.5. The van der Waals surface area contributed by atoms with Gasteiger partial charge in [-0.1, -0.05) is 23.7 Å². The van der Waals surface area contributed by atoms with Crippen LogP contribution >= 0.6 is 11.6 Å². The molecule has 2 rings (SSSR count). The molecule has 0 saturated carbocycles. The van der Waals surface area contributed by atoms with Crippen LogP contribution in [0.2, 0.25) is 5.02 Å². The number of hydrogen-bond donors (Lipinski definition) is 1. The molecule has 0 radical (unpaired) electrons. The van der Waals surface area contributed by atoms with Gasteiger partial charge in [0.2, 0.25) is 0 Å². The van der Waals surface area contributed by atoms with Crippen molar-refractivity contribution in [2.75, 3.05) is 39.5 Å². The lowest BCUT2D eigenvalue weighted by Gasteiger charge is -2.38. The molecule has 0 aromatic heterocycles. The summed E-state index contributed by atoms with van der Waals surface area (Å²) in [6, 6.07) is 7.65. The minimum atomic E-state index is -0.477. The summed E-state index contributed by atoms with van der Waals surface area (Å²) >= 11 is 6.09. The molecule has 1 aliphatic heterocycles. The van der Waals surface area contributed by atoms with Gasteiger partial charge >= 0.3 is 0 Å². The molecule has 1 aromatic carbocycles. The monoisotopic (exact) mass is 340 g/mol. The van der Waals surface area contributed by atoms with Gasteiger partial charge in [-0.15, -0.1) is 0 Å². The Bertz CT molecular complexity index is 512. The van der Waals surface area contributed by atoms with Gasteiger partial charge in [-0.25, -0.2) is 0 Å². The minimum absolute atomic E-state index is 0.00738. The normalized spacial score (nSPS) is 19.6. The van der Waals surface area contributed by atoms with Crippen LogP contribution in [0.25, 0.3) is 0 Å². The Labute approximate surface area is 142 Å². The summed E-state index contributed by atoms with van der Waals surface area (Å²) < 4.78 is 10.8. The molecule has 1 N–H and O–H groups in total. The van der Waals surface area contributed by atoms with E-state index in [2.05, 4.69) is 5.32 Å². The van der Waals surface area contributed by atoms with Crippen LogP contribution in [0.4, 0.5) is 0 Å². The number of piperazine rings is 1. The molecule has 1 heterocycles. The van der Waals surface area contributed by atoms with E-state index in [9.17, 15) is 4.79 Å². The van der Waals surface area contributed by atoms with E-state index >= 15 is 0 Å². The number of carbonyl (C=O) groups is 1. The van der Waals surface area contributed by atoms with Gasteiger partial charge in [-0.2, -0.15) is 0 Å². The van der Waals surface area contributed by atoms with E-state index in [0.29, 0.717) is 31.4 Å². The Morgan fingerprint density at radius 2 is 2.30 bits per heavy atom. The molecule has 1 aromatic rings. The van der Waals surface area contributed by atoms with Crippen LogP contribution in [-0.2, 0) is 14.3 Å². The third kappa shape index (κ3) is 5.18. The Hall–Kier alpha value is -1.14. The number of benzene rings is 1. The topological polar surface area (TPSA) is 50.8 Å². The number of halogens is 1. The molecule has 1 aliphatic rings. The predicted octanol–water partition coefficient (Wildman–Crippen LogP) is 2.25. The van der Waals surface area contributed by atoms with E-state index in [1.807, 2.05) is 36.1 Å². The van der Waals surface area contributed by atoms with Gasteiger partial charge in [0.25, 0.3) is 5.91 Å². The number of ether oxygens (including phenoxy) is 2. The van der Waals surface area contributed by atoms with E-state index < -0.39 is 6.10 Å². The second-order valence-corrected chi connectivity index (χ2v) is 5.95. The van der Waals surface area contributed by atoms with E-state index in [4.69, 9.17) is 21.1 Å². The molecular formula is C17H25ClN2O3. The summed E-state index contributed by atoms with van der Waals surface area (Å²) in [5.74, 6) is 0.00738. The average molecular weight is 341 g/mol. The zero-order chi connectivity index (χ0) is 16.7. The fraction of sp³-hybridized carbons (Fsp3) is 0.588. The summed E-state index contributed by atoms with van der Waals surface area (Å²) in [6.45, 7) is 7.49. The molecule has 6 heteroatoms. The van der Waals surface area contributed by atoms with Crippen molar-refractivity contribution in [1.82, 2.24) is 10.2 Å². The summed E-state index contributed by atoms with van der Waals surface area (Å²) in [7, 11) is 0. The van der Waals surface area contributed by atoms with Gasteiger partial charge in [-0.3, -0.25) is 4.79 Å². The Morgan fingerprint density at radius 3 is 3.04 bits per heavy atom. The largest absolute Gasteiger partial charge is 0.379 e. The minimum Gasteiger partial charge on any atom is -0.379 e. The van der Waals surface area contributed by atoms with Crippen molar-refractivity contribution in [1.29, 1.82) is 0 Å². The van der Waals surface area contributed by atoms with Crippen LogP contribution < -0.4 is 5.32 Å². The number of amides is 1. The van der Waals surface area contributed by atoms with Crippen molar-refractivity contribution >= 4 is 17.5 Å². The Kier molecular flexibility index (Phi) is 7.30. The van der Waals surface area contributed by atoms with Crippen LogP contribution in [0.5, 0.6) is 0 Å². The number of carbonyl (C=O) groups excluding carboxylic acids is 1. The average Bonchev–Trinajstić information content (AvgIpc) is 2.58. The second-order valence-electron chi connectivity index (χ2n) is 5.52. The smallest absolute Gasteiger partial charge is 0.252 e. The highest BCUT2D eigenvalue weighted by Gasteiger charge is 2.31. The van der Waals surface area contributed by atoms with Crippen LogP contribution in [0.15, 0.2) is 24.3 Å². The number of nitrogens with one attached hydrogen (secondary N) is 1. The Morgan fingerprint density at radius 1 is 1.48 bits per heavy atom. The lowest BCUT2D eigenvalue weighted by Crippen LogP contribution is -2.51. The van der Waals surface area contributed by atoms with Crippen LogP contribution in [0.3, 0.4) is 0 Å². The van der Waals surface area contributed by atoms with Crippen molar-refractivity contribution in [3.63, 3.8) is 0 Å². The first kappa shape index (κ1) is 18.2. The number of hydrogen-bond acceptors (Lipinski definition) is 4. The van der Waals surface area contributed by atoms with E-state index in [-0.39, 0.29) is 11.9 Å². The zero-order valence-electron chi connectivity index (χ0n) is 13.8. The van der Waals surface area contributed by atoms with E-state index in [1.54, 1.807) is 6.92 Å². The molecule has 2 atom stereocenters. The molecule has 2 unspecified atom stereocenters. The first-order chi connectivity index (χ1) is 11.1. The lowest BCUT2D eigenvalue weighted by atomic mass is 10.0.